The Kier molecular flexibility index (Phi) is 2.29. The molecule has 0 radical (unpaired) electrons. The van der Waals surface area contributed by atoms with E-state index in [1.165, 1.54) is 0 Å². The lowest BCUT2D eigenvalue weighted by atomic mass is 10.4. The molecule has 0 aliphatic carbocycles. The molecule has 0 amide bonds. The van der Waals surface area contributed by atoms with Crippen LogP contribution in [0.1, 0.15) is 5.69 Å². The number of hydrogen-bond donors (Lipinski definition) is 0. The zero-order chi connectivity index (χ0) is 9.19. The number of nitriles is 1. The van der Waals surface area contributed by atoms with Crippen LogP contribution in [-0.4, -0.2) is 13.1 Å². The van der Waals surface area contributed by atoms with Crippen molar-refractivity contribution in [3.8, 4) is 6.07 Å². The minimum atomic E-state index is -1.38. The molecular formula is C9H12N2Si. The normalized spacial score (nSPS) is 10.8. The summed E-state index contributed by atoms with van der Waals surface area (Å²) in [5.41, 5.74) is 0.594. The van der Waals surface area contributed by atoms with E-state index < -0.39 is 8.07 Å². The predicted molar refractivity (Wildman–Crippen MR) is 51.9 cm³/mol. The van der Waals surface area contributed by atoms with Gasteiger partial charge in [-0.2, -0.15) is 5.26 Å². The summed E-state index contributed by atoms with van der Waals surface area (Å²) < 4.78 is 0. The predicted octanol–water partition coefficient (Wildman–Crippen LogP) is 1.50. The van der Waals surface area contributed by atoms with Crippen molar-refractivity contribution >= 4 is 13.3 Å². The maximum absolute atomic E-state index is 8.79. The van der Waals surface area contributed by atoms with Crippen molar-refractivity contribution in [3.05, 3.63) is 24.0 Å². The highest BCUT2D eigenvalue weighted by Gasteiger charge is 2.20. The fourth-order valence-electron chi connectivity index (χ4n) is 1.10. The van der Waals surface area contributed by atoms with Gasteiger partial charge in [-0.05, 0) is 11.3 Å². The number of rotatable bonds is 1. The Hall–Kier alpha value is -1.14. The average Bonchev–Trinajstić information content (AvgIpc) is 2.03. The molecule has 0 atom stereocenters. The van der Waals surface area contributed by atoms with Gasteiger partial charge in [-0.3, -0.25) is 0 Å². The van der Waals surface area contributed by atoms with Crippen LogP contribution in [0.15, 0.2) is 18.3 Å². The smallest absolute Gasteiger partial charge is 0.139 e. The Morgan fingerprint density at radius 3 is 2.50 bits per heavy atom. The van der Waals surface area contributed by atoms with Crippen LogP contribution >= 0.6 is 0 Å². The molecule has 1 heterocycles. The molecule has 0 aromatic carbocycles. The van der Waals surface area contributed by atoms with Crippen LogP contribution in [0.5, 0.6) is 0 Å². The molecule has 0 aliphatic rings. The molecule has 3 heteroatoms. The van der Waals surface area contributed by atoms with E-state index in [4.69, 9.17) is 5.26 Å². The molecule has 12 heavy (non-hydrogen) atoms. The highest BCUT2D eigenvalue weighted by atomic mass is 28.3. The average molecular weight is 176 g/mol. The third kappa shape index (κ3) is 1.71. The van der Waals surface area contributed by atoms with Crippen LogP contribution in [0.3, 0.4) is 0 Å². The van der Waals surface area contributed by atoms with E-state index in [1.807, 2.05) is 12.1 Å². The standard InChI is InChI=1S/C9H12N2Si/c1-12(2,3)9-5-4-6-11-8(9)7-10/h4-6H,1-3H3. The Morgan fingerprint density at radius 2 is 2.08 bits per heavy atom. The van der Waals surface area contributed by atoms with E-state index in [1.54, 1.807) is 6.20 Å². The van der Waals surface area contributed by atoms with Crippen LogP contribution in [0.25, 0.3) is 0 Å². The van der Waals surface area contributed by atoms with Crippen LogP contribution in [0, 0.1) is 11.3 Å². The monoisotopic (exact) mass is 176 g/mol. The summed E-state index contributed by atoms with van der Waals surface area (Å²) in [6, 6.07) is 6.03. The first-order chi connectivity index (χ1) is 5.55. The van der Waals surface area contributed by atoms with Crippen LogP contribution < -0.4 is 5.19 Å². The molecule has 1 aromatic heterocycles. The molecule has 0 N–H and O–H groups in total. The van der Waals surface area contributed by atoms with E-state index in [2.05, 4.69) is 30.7 Å². The lowest BCUT2D eigenvalue weighted by Gasteiger charge is -2.16. The molecule has 0 fully saturated rings. The third-order valence-corrected chi connectivity index (χ3v) is 3.74. The van der Waals surface area contributed by atoms with Crippen molar-refractivity contribution in [2.24, 2.45) is 0 Å². The second kappa shape index (κ2) is 3.08. The minimum absolute atomic E-state index is 0.594. The maximum atomic E-state index is 8.79. The molecule has 62 valence electrons. The van der Waals surface area contributed by atoms with Gasteiger partial charge in [0, 0.05) is 6.20 Å². The summed E-state index contributed by atoms with van der Waals surface area (Å²) in [5.74, 6) is 0. The van der Waals surface area contributed by atoms with Crippen LogP contribution in [-0.2, 0) is 0 Å². The first-order valence-electron chi connectivity index (χ1n) is 3.91. The number of nitrogens with zero attached hydrogens (tertiary/aromatic N) is 2. The minimum Gasteiger partial charge on any atom is -0.246 e. The molecule has 0 bridgehead atoms. The largest absolute Gasteiger partial charge is 0.246 e. The second-order valence-electron chi connectivity index (χ2n) is 3.76. The topological polar surface area (TPSA) is 36.7 Å². The number of aromatic nitrogens is 1. The van der Waals surface area contributed by atoms with E-state index in [-0.39, 0.29) is 0 Å². The first-order valence-corrected chi connectivity index (χ1v) is 7.41. The molecule has 0 aliphatic heterocycles. The van der Waals surface area contributed by atoms with Crippen molar-refractivity contribution in [2.75, 3.05) is 0 Å². The van der Waals surface area contributed by atoms with Crippen molar-refractivity contribution in [3.63, 3.8) is 0 Å². The Balaban J connectivity index is 3.26. The highest BCUT2D eigenvalue weighted by molar-refractivity contribution is 6.89. The molecular weight excluding hydrogens is 164 g/mol. The molecule has 1 aromatic rings. The summed E-state index contributed by atoms with van der Waals surface area (Å²) in [6.45, 7) is 6.64. The van der Waals surface area contributed by atoms with Gasteiger partial charge in [0.25, 0.3) is 0 Å². The molecule has 0 unspecified atom stereocenters. The van der Waals surface area contributed by atoms with Gasteiger partial charge in [0.05, 0.1) is 8.07 Å². The van der Waals surface area contributed by atoms with Gasteiger partial charge in [-0.1, -0.05) is 25.7 Å². The van der Waals surface area contributed by atoms with Crippen molar-refractivity contribution < 1.29 is 0 Å². The van der Waals surface area contributed by atoms with Crippen molar-refractivity contribution in [1.82, 2.24) is 4.98 Å². The highest BCUT2D eigenvalue weighted by Crippen LogP contribution is 2.03. The first kappa shape index (κ1) is 8.95. The summed E-state index contributed by atoms with van der Waals surface area (Å²) in [7, 11) is -1.38. The third-order valence-electron chi connectivity index (χ3n) is 1.72. The van der Waals surface area contributed by atoms with Gasteiger partial charge in [-0.25, -0.2) is 4.98 Å². The van der Waals surface area contributed by atoms with Crippen LogP contribution in [0.4, 0.5) is 0 Å². The zero-order valence-corrected chi connectivity index (χ0v) is 8.63. The number of pyridine rings is 1. The lowest BCUT2D eigenvalue weighted by Crippen LogP contribution is -2.40. The molecule has 1 rings (SSSR count). The fraction of sp³-hybridized carbons (Fsp3) is 0.333. The Morgan fingerprint density at radius 1 is 1.42 bits per heavy atom. The van der Waals surface area contributed by atoms with Gasteiger partial charge in [0.1, 0.15) is 11.8 Å². The van der Waals surface area contributed by atoms with E-state index in [0.717, 1.165) is 5.19 Å². The molecule has 0 spiro atoms. The molecule has 0 saturated heterocycles. The quantitative estimate of drug-likeness (QED) is 0.608. The van der Waals surface area contributed by atoms with Crippen molar-refractivity contribution in [2.45, 2.75) is 19.6 Å². The molecule has 0 saturated carbocycles. The van der Waals surface area contributed by atoms with E-state index >= 15 is 0 Å². The van der Waals surface area contributed by atoms with Gasteiger partial charge >= 0.3 is 0 Å². The zero-order valence-electron chi connectivity index (χ0n) is 7.63. The summed E-state index contributed by atoms with van der Waals surface area (Å²) in [6.07, 6.45) is 1.67. The lowest BCUT2D eigenvalue weighted by molar-refractivity contribution is 1.28. The molecule has 2 nitrogen and oxygen atoms in total. The number of hydrogen-bond acceptors (Lipinski definition) is 2. The Bertz CT molecular complexity index is 320. The summed E-state index contributed by atoms with van der Waals surface area (Å²) in [4.78, 5) is 4.04. The second-order valence-corrected chi connectivity index (χ2v) is 8.80. The van der Waals surface area contributed by atoms with E-state index in [9.17, 15) is 0 Å². The van der Waals surface area contributed by atoms with Crippen molar-refractivity contribution in [1.29, 1.82) is 5.26 Å². The maximum Gasteiger partial charge on any atom is 0.139 e. The summed E-state index contributed by atoms with van der Waals surface area (Å²) in [5, 5.41) is 9.94. The van der Waals surface area contributed by atoms with Gasteiger partial charge in [-0.15, -0.1) is 0 Å². The van der Waals surface area contributed by atoms with E-state index in [0.29, 0.717) is 5.69 Å². The Labute approximate surface area is 73.9 Å². The summed E-state index contributed by atoms with van der Waals surface area (Å²) >= 11 is 0. The van der Waals surface area contributed by atoms with Gasteiger partial charge in [0.2, 0.25) is 0 Å². The van der Waals surface area contributed by atoms with Gasteiger partial charge in [0.15, 0.2) is 0 Å². The van der Waals surface area contributed by atoms with Gasteiger partial charge < -0.3 is 0 Å². The van der Waals surface area contributed by atoms with Crippen LogP contribution in [0.2, 0.25) is 19.6 Å². The SMILES string of the molecule is C[Si](C)(C)c1cccnc1C#N. The fourth-order valence-corrected chi connectivity index (χ4v) is 2.53.